The second-order valence-corrected chi connectivity index (χ2v) is 3.39. The average Bonchev–Trinajstić information content (AvgIpc) is 1.88. The van der Waals surface area contributed by atoms with Crippen LogP contribution >= 0.6 is 0 Å². The first kappa shape index (κ1) is 11.1. The normalized spacial score (nSPS) is 12.3. The van der Waals surface area contributed by atoms with Crippen LogP contribution in [0.2, 0.25) is 0 Å². The van der Waals surface area contributed by atoms with Gasteiger partial charge in [-0.2, -0.15) is 0 Å². The highest BCUT2D eigenvalue weighted by molar-refractivity contribution is 6.12. The molecule has 0 saturated heterocycles. The van der Waals surface area contributed by atoms with Crippen molar-refractivity contribution in [2.75, 3.05) is 19.8 Å². The van der Waals surface area contributed by atoms with Gasteiger partial charge in [0, 0.05) is 19.8 Å². The first-order valence-electron chi connectivity index (χ1n) is 4.10. The maximum absolute atomic E-state index is 5.33. The van der Waals surface area contributed by atoms with E-state index in [-0.39, 0.29) is 0 Å². The third-order valence-corrected chi connectivity index (χ3v) is 2.09. The van der Waals surface area contributed by atoms with Crippen LogP contribution in [0.1, 0.15) is 20.8 Å². The monoisotopic (exact) mass is 178 g/mol. The van der Waals surface area contributed by atoms with Gasteiger partial charge in [0.25, 0.3) is 0 Å². The Labute approximate surface area is 71.4 Å². The molecule has 0 heterocycles. The fraction of sp³-hybridized carbons (Fsp3) is 1.00. The van der Waals surface area contributed by atoms with Crippen LogP contribution in [0, 0.1) is 0 Å². The van der Waals surface area contributed by atoms with E-state index < -0.39 is 5.60 Å². The summed E-state index contributed by atoms with van der Waals surface area (Å²) in [6, 6.07) is 0. The molecule has 0 aromatic rings. The third-order valence-electron chi connectivity index (χ3n) is 1.22. The van der Waals surface area contributed by atoms with Crippen molar-refractivity contribution in [3.8, 4) is 0 Å². The average molecular weight is 178 g/mol. The van der Waals surface area contributed by atoms with E-state index in [0.717, 1.165) is 10.2 Å². The van der Waals surface area contributed by atoms with E-state index in [1.165, 1.54) is 0 Å². The Kier molecular flexibility index (Phi) is 5.76. The molecule has 0 radical (unpaired) electrons. The summed E-state index contributed by atoms with van der Waals surface area (Å²) in [4.78, 5) is 0. The molecule has 0 aromatic heterocycles. The zero-order valence-electron chi connectivity index (χ0n) is 7.85. The first-order chi connectivity index (χ1) is 5.18. The Bertz CT molecular complexity index is 80.7. The summed E-state index contributed by atoms with van der Waals surface area (Å²) in [5, 5.41) is 0. The molecule has 0 unspecified atom stereocenters. The lowest BCUT2D eigenvalue weighted by Gasteiger charge is -2.28. The fourth-order valence-electron chi connectivity index (χ4n) is 0.912. The Morgan fingerprint density at radius 1 is 0.909 bits per heavy atom. The van der Waals surface area contributed by atoms with Gasteiger partial charge in [0.05, 0.1) is 0 Å². The molecule has 3 nitrogen and oxygen atoms in total. The standard InChI is InChI=1S/C7H18O3Si/c1-4-8-7(11,9-5-2)10-6-3/h4-6H2,1-3,11H3. The summed E-state index contributed by atoms with van der Waals surface area (Å²) in [7, 11) is 0.731. The van der Waals surface area contributed by atoms with E-state index in [4.69, 9.17) is 14.2 Å². The van der Waals surface area contributed by atoms with Gasteiger partial charge in [-0.15, -0.1) is 0 Å². The lowest BCUT2D eigenvalue weighted by atomic mass is 10.8. The Morgan fingerprint density at radius 2 is 1.18 bits per heavy atom. The highest BCUT2D eigenvalue weighted by Gasteiger charge is 2.23. The third kappa shape index (κ3) is 4.52. The van der Waals surface area contributed by atoms with Crippen molar-refractivity contribution in [1.82, 2.24) is 0 Å². The van der Waals surface area contributed by atoms with Gasteiger partial charge >= 0.3 is 0 Å². The highest BCUT2D eigenvalue weighted by Crippen LogP contribution is 2.09. The van der Waals surface area contributed by atoms with Crippen LogP contribution in [-0.2, 0) is 14.2 Å². The van der Waals surface area contributed by atoms with Crippen molar-refractivity contribution in [1.29, 1.82) is 0 Å². The van der Waals surface area contributed by atoms with Crippen LogP contribution in [0.4, 0.5) is 0 Å². The molecule has 11 heavy (non-hydrogen) atoms. The highest BCUT2D eigenvalue weighted by atomic mass is 28.1. The van der Waals surface area contributed by atoms with E-state index in [2.05, 4.69) is 0 Å². The molecular weight excluding hydrogens is 160 g/mol. The summed E-state index contributed by atoms with van der Waals surface area (Å²) in [6.45, 7) is 7.69. The van der Waals surface area contributed by atoms with Crippen molar-refractivity contribution in [3.05, 3.63) is 0 Å². The molecule has 0 aliphatic rings. The maximum atomic E-state index is 5.33. The van der Waals surface area contributed by atoms with Crippen molar-refractivity contribution < 1.29 is 14.2 Å². The van der Waals surface area contributed by atoms with E-state index >= 15 is 0 Å². The molecule has 0 amide bonds. The zero-order valence-corrected chi connectivity index (χ0v) is 9.85. The molecule has 4 heteroatoms. The largest absolute Gasteiger partial charge is 0.333 e. The lowest BCUT2D eigenvalue weighted by Crippen LogP contribution is -2.39. The Hall–Kier alpha value is 0.0969. The quantitative estimate of drug-likeness (QED) is 0.425. The molecule has 0 fully saturated rings. The molecule has 0 bridgehead atoms. The van der Waals surface area contributed by atoms with Crippen LogP contribution in [-0.4, -0.2) is 35.7 Å². The first-order valence-corrected chi connectivity index (χ1v) is 5.10. The molecule has 0 spiro atoms. The van der Waals surface area contributed by atoms with Crippen molar-refractivity contribution in [2.24, 2.45) is 0 Å². The number of ether oxygens (including phenoxy) is 3. The fourth-order valence-corrected chi connectivity index (χ4v) is 1.78. The van der Waals surface area contributed by atoms with Gasteiger partial charge in [-0.05, 0) is 20.8 Å². The van der Waals surface area contributed by atoms with Gasteiger partial charge < -0.3 is 14.2 Å². The molecule has 0 aliphatic carbocycles. The van der Waals surface area contributed by atoms with Crippen molar-refractivity contribution >= 4 is 10.2 Å². The van der Waals surface area contributed by atoms with E-state index in [9.17, 15) is 0 Å². The minimum Gasteiger partial charge on any atom is -0.333 e. The lowest BCUT2D eigenvalue weighted by molar-refractivity contribution is -0.320. The van der Waals surface area contributed by atoms with Crippen molar-refractivity contribution in [2.45, 2.75) is 26.4 Å². The molecule has 0 atom stereocenters. The number of rotatable bonds is 6. The summed E-state index contributed by atoms with van der Waals surface area (Å²) < 4.78 is 16.0. The zero-order chi connectivity index (χ0) is 8.74. The van der Waals surface area contributed by atoms with E-state index in [0.29, 0.717) is 19.8 Å². The van der Waals surface area contributed by atoms with Gasteiger partial charge in [0.15, 0.2) is 0 Å². The van der Waals surface area contributed by atoms with Gasteiger partial charge in [0.1, 0.15) is 10.2 Å². The molecular formula is C7H18O3Si. The second kappa shape index (κ2) is 5.71. The van der Waals surface area contributed by atoms with Crippen LogP contribution in [0.15, 0.2) is 0 Å². The Balaban J connectivity index is 3.79. The van der Waals surface area contributed by atoms with E-state index in [1.807, 2.05) is 20.8 Å². The SMILES string of the molecule is CCOC([SiH3])(OCC)OCC. The maximum Gasteiger partial charge on any atom is 0.245 e. The smallest absolute Gasteiger partial charge is 0.245 e. The minimum absolute atomic E-state index is 0.628. The summed E-state index contributed by atoms with van der Waals surface area (Å²) in [5.74, 6) is 0. The number of hydrogen-bond acceptors (Lipinski definition) is 3. The predicted molar refractivity (Wildman–Crippen MR) is 47.5 cm³/mol. The summed E-state index contributed by atoms with van der Waals surface area (Å²) in [6.07, 6.45) is 0. The minimum atomic E-state index is -0.710. The predicted octanol–water partition coefficient (Wildman–Crippen LogP) is 0.0726. The van der Waals surface area contributed by atoms with E-state index in [1.54, 1.807) is 0 Å². The topological polar surface area (TPSA) is 27.7 Å². The van der Waals surface area contributed by atoms with Crippen molar-refractivity contribution in [3.63, 3.8) is 0 Å². The molecule has 0 rings (SSSR count). The van der Waals surface area contributed by atoms with Gasteiger partial charge in [-0.1, -0.05) is 0 Å². The van der Waals surface area contributed by atoms with Crippen LogP contribution in [0.5, 0.6) is 0 Å². The summed E-state index contributed by atoms with van der Waals surface area (Å²) >= 11 is 0. The van der Waals surface area contributed by atoms with Gasteiger partial charge in [-0.25, -0.2) is 0 Å². The van der Waals surface area contributed by atoms with Crippen LogP contribution in [0.25, 0.3) is 0 Å². The molecule has 0 aliphatic heterocycles. The Morgan fingerprint density at radius 3 is 1.36 bits per heavy atom. The number of hydrogen-bond donors (Lipinski definition) is 0. The second-order valence-electron chi connectivity index (χ2n) is 2.16. The summed E-state index contributed by atoms with van der Waals surface area (Å²) in [5.41, 5.74) is -0.710. The molecule has 0 N–H and O–H groups in total. The van der Waals surface area contributed by atoms with Crippen LogP contribution < -0.4 is 0 Å². The van der Waals surface area contributed by atoms with Crippen LogP contribution in [0.3, 0.4) is 0 Å². The molecule has 0 saturated carbocycles. The van der Waals surface area contributed by atoms with Gasteiger partial charge in [0.2, 0.25) is 5.60 Å². The van der Waals surface area contributed by atoms with Gasteiger partial charge in [-0.3, -0.25) is 0 Å². The molecule has 0 aromatic carbocycles. The molecule has 68 valence electrons.